The summed E-state index contributed by atoms with van der Waals surface area (Å²) < 4.78 is 79.5. The van der Waals surface area contributed by atoms with Gasteiger partial charge in [-0.1, -0.05) is 32.4 Å². The van der Waals surface area contributed by atoms with Gasteiger partial charge in [-0.3, -0.25) is 9.59 Å². The van der Waals surface area contributed by atoms with E-state index in [4.69, 9.17) is 66.3 Å². The highest BCUT2D eigenvalue weighted by molar-refractivity contribution is 6.01. The number of rotatable bonds is 9. The van der Waals surface area contributed by atoms with Crippen molar-refractivity contribution in [3.05, 3.63) is 23.8 Å². The molecular weight excluding hydrogens is 1390 g/mol. The number of aliphatic hydroxyl groups is 23. The minimum atomic E-state index is -2.21. The average Bonchev–Trinajstić information content (AvgIpc) is 1.63. The molecule has 0 amide bonds. The lowest BCUT2D eigenvalue weighted by Crippen LogP contribution is -2.68. The van der Waals surface area contributed by atoms with Crippen LogP contribution in [0.2, 0.25) is 0 Å². The molecule has 24 fully saturated rings. The second kappa shape index (κ2) is 33.1. The highest BCUT2D eigenvalue weighted by atomic mass is 16.8. The quantitative estimate of drug-likeness (QED) is 0.102. The number of Topliss-reactive ketones (excluding diaryl/α,β-unsaturated/α-hetero) is 1. The zero-order valence-electron chi connectivity index (χ0n) is 56.2. The summed E-state index contributed by atoms with van der Waals surface area (Å²) in [5.41, 5.74) is 0.647. The van der Waals surface area contributed by atoms with E-state index in [1.165, 1.54) is 0 Å². The monoisotopic (exact) mass is 1490 g/mol. The van der Waals surface area contributed by atoms with Gasteiger partial charge < -0.3 is 184 Å². The van der Waals surface area contributed by atoms with Gasteiger partial charge in [0.05, 0.1) is 52.4 Å². The molecule has 39 heteroatoms. The number of aliphatic hydroxyl groups excluding tert-OH is 23. The third-order valence-electron chi connectivity index (χ3n) is 23.1. The van der Waals surface area contributed by atoms with E-state index in [0.717, 1.165) is 24.8 Å². The number of fused-ring (bicyclic) bond motifs is 5. The van der Waals surface area contributed by atoms with Crippen molar-refractivity contribution in [1.82, 2.24) is 0 Å². The number of hydrogen-bond acceptors (Lipinski definition) is 39. The fraction of sp³-hybridized carbons (Fsp3) is 0.906. The largest absolute Gasteiger partial charge is 0.394 e. The van der Waals surface area contributed by atoms with Crippen LogP contribution >= 0.6 is 0 Å². The average molecular weight is 1490 g/mol. The molecule has 21 aliphatic heterocycles. The zero-order valence-corrected chi connectivity index (χ0v) is 56.2. The van der Waals surface area contributed by atoms with Gasteiger partial charge in [0.25, 0.3) is 0 Å². The van der Waals surface area contributed by atoms with Crippen LogP contribution in [0.4, 0.5) is 0 Å². The Balaban J connectivity index is 0.000000340. The Bertz CT molecular complexity index is 2520. The van der Waals surface area contributed by atoms with Crippen LogP contribution in [0.3, 0.4) is 0 Å². The van der Waals surface area contributed by atoms with Crippen molar-refractivity contribution in [2.24, 2.45) is 40.4 Å². The van der Waals surface area contributed by atoms with Crippen LogP contribution in [0, 0.1) is 40.4 Å². The molecule has 25 aliphatic rings. The SMILES string of the molecule is C[C@@H]1CC2C3CCC4=CC(=O)C=C[C@]4(C)C3[C@@H](O)C[C@]2(C)[C@H]1C(=O)CO.OC[C@H]1O[C@@H]2O[C@H]3[C@H](O)[C@@H](O)[C@@H](O[C@H]4[C@H](O)[C@@H](O)[C@@H](O[C@H]5[C@H](O)[C@@H](O)[C@@H](O[C@H]6[C@H](O)[C@@H](O)[C@@H](O[C@H]7[C@H](O)[C@@H](O)[C@@H](O[C@H]8[C@H](O)[C@@H](O)[C@@H](O[C@H]1[C@H](O)[C@H]2O)O[C@@H]8CO)O[C@@H]7CO)O[C@@H]6CO)O[C@@H]5CO)O[C@@H]4CO)O[C@@H]3CO. The number of hydrogen-bond donors (Lipinski definition) is 23. The fourth-order valence-corrected chi connectivity index (χ4v) is 17.9. The smallest absolute Gasteiger partial charge is 0.187 e. The number of carbonyl (C=O) groups is 2. The number of ketones is 2. The zero-order chi connectivity index (χ0) is 74.9. The summed E-state index contributed by atoms with van der Waals surface area (Å²) in [5, 5.41) is 251. The predicted octanol–water partition coefficient (Wildman–Crippen LogP) is -12.5. The molecule has 0 aromatic heterocycles. The standard InChI is InChI=1S/C42H70O35.C22H30O4/c43-1-8-29-15(50)22(57)36(64-8)72-30-9(2-44)66-38(24(59)17(30)52)74-32-11(4-46)68-40(26(61)19(32)54)76-34-13(6-48)70-42(28(63)21(34)56)77-35-14(7-49)69-41(27(62)20(35)55)75-33-12(5-47)67-39(25(60)18(33)53)73-31-10(3-45)65-37(71-29)23(58)16(31)51;1-12-8-16-15-5-4-13-9-14(24)6-7-21(13,2)20(15)17(25)10-22(16,3)19(12)18(26)11-23/h8-63H,1-7H2;6-7,9,12,15-17,19-20,23,25H,4-5,8,10-11H2,1-3H3/t8-,9-,10-,11-,12-,13-,14-,15-,16-,17-,18-,19-,20-,21-,22-,23-,24-,25-,26-,27-,28-,29-,30-,31-,32-,33-,34-,35-,36-,37-,38-,39-,40-,41-,42-;12-,15?,16?,17+,19-,20?,21+,22+/m11/s1. The van der Waals surface area contributed by atoms with Gasteiger partial charge in [0.15, 0.2) is 55.6 Å². The van der Waals surface area contributed by atoms with E-state index in [-0.39, 0.29) is 40.2 Å². The molecule has 3 unspecified atom stereocenters. The molecule has 21 saturated heterocycles. The van der Waals surface area contributed by atoms with Crippen molar-refractivity contribution in [2.45, 2.75) is 267 Å². The van der Waals surface area contributed by atoms with Gasteiger partial charge >= 0.3 is 0 Å². The Morgan fingerprint density at radius 2 is 0.670 bits per heavy atom. The number of allylic oxidation sites excluding steroid dienone is 4. The van der Waals surface area contributed by atoms with E-state index in [1.807, 2.05) is 6.08 Å². The van der Waals surface area contributed by atoms with E-state index >= 15 is 0 Å². The second-order valence-corrected chi connectivity index (χ2v) is 29.3. The lowest BCUT2D eigenvalue weighted by Gasteiger charge is -2.58. The van der Waals surface area contributed by atoms with E-state index in [0.29, 0.717) is 18.3 Å². The molecule has 103 heavy (non-hydrogen) atoms. The summed E-state index contributed by atoms with van der Waals surface area (Å²) in [4.78, 5) is 24.3. The Morgan fingerprint density at radius 3 is 0.913 bits per heavy atom. The van der Waals surface area contributed by atoms with Gasteiger partial charge in [-0.2, -0.15) is 0 Å². The first-order valence-electron chi connectivity index (χ1n) is 34.6. The maximum Gasteiger partial charge on any atom is 0.187 e. The Hall–Kier alpha value is -2.66. The van der Waals surface area contributed by atoms with E-state index in [2.05, 4.69) is 20.8 Å². The van der Waals surface area contributed by atoms with Crippen LogP contribution in [0.25, 0.3) is 0 Å². The van der Waals surface area contributed by atoms with Gasteiger partial charge in [-0.05, 0) is 61.0 Å². The summed E-state index contributed by atoms with van der Waals surface area (Å²) in [6.45, 7) is -1.28. The van der Waals surface area contributed by atoms with Crippen LogP contribution in [0.15, 0.2) is 23.8 Å². The van der Waals surface area contributed by atoms with Crippen molar-refractivity contribution >= 4 is 11.6 Å². The molecule has 0 radical (unpaired) electrons. The molecule has 23 N–H and O–H groups in total. The summed E-state index contributed by atoms with van der Waals surface area (Å²) >= 11 is 0. The Kier molecular flexibility index (Phi) is 26.1. The fourth-order valence-electron chi connectivity index (χ4n) is 17.9. The van der Waals surface area contributed by atoms with Crippen LogP contribution in [0.5, 0.6) is 0 Å². The lowest BCUT2D eigenvalue weighted by molar-refractivity contribution is -0.396. The minimum absolute atomic E-state index is 0.0501. The van der Waals surface area contributed by atoms with E-state index in [1.54, 1.807) is 12.2 Å². The molecule has 43 atom stereocenters. The number of ether oxygens (including phenoxy) is 14. The van der Waals surface area contributed by atoms with E-state index in [9.17, 15) is 127 Å². The van der Waals surface area contributed by atoms with Gasteiger partial charge in [0, 0.05) is 17.3 Å². The third-order valence-corrected chi connectivity index (χ3v) is 23.1. The molecular formula is C64H100O39. The second-order valence-electron chi connectivity index (χ2n) is 29.3. The molecule has 0 spiro atoms. The maximum absolute atomic E-state index is 12.5. The summed E-state index contributed by atoms with van der Waals surface area (Å²) in [6.07, 6.45) is -61.9. The molecule has 0 aromatic rings. The topological polar surface area (TPSA) is 629 Å². The molecule has 590 valence electrons. The lowest BCUT2D eigenvalue weighted by atomic mass is 9.46. The van der Waals surface area contributed by atoms with E-state index < -0.39 is 274 Å². The summed E-state index contributed by atoms with van der Waals surface area (Å²) in [7, 11) is 0. The van der Waals surface area contributed by atoms with Crippen LogP contribution in [0.1, 0.15) is 46.5 Å². The van der Waals surface area contributed by atoms with Gasteiger partial charge in [-0.25, -0.2) is 0 Å². The summed E-state index contributed by atoms with van der Waals surface area (Å²) in [6, 6.07) is 0. The molecule has 25 rings (SSSR count). The van der Waals surface area contributed by atoms with Crippen LogP contribution in [-0.4, -0.2) is 403 Å². The van der Waals surface area contributed by atoms with Gasteiger partial charge in [0.2, 0.25) is 0 Å². The Labute approximate surface area is 587 Å². The van der Waals surface area contributed by atoms with Gasteiger partial charge in [0.1, 0.15) is 178 Å². The predicted molar refractivity (Wildman–Crippen MR) is 327 cm³/mol. The Morgan fingerprint density at radius 1 is 0.408 bits per heavy atom. The van der Waals surface area contributed by atoms with Crippen molar-refractivity contribution in [3.63, 3.8) is 0 Å². The molecule has 39 nitrogen and oxygen atoms in total. The molecule has 4 aliphatic carbocycles. The highest BCUT2D eigenvalue weighted by Crippen LogP contribution is 2.67. The van der Waals surface area contributed by atoms with Crippen LogP contribution in [-0.2, 0) is 75.9 Å². The minimum Gasteiger partial charge on any atom is -0.394 e. The van der Waals surface area contributed by atoms with Gasteiger partial charge in [-0.15, -0.1) is 0 Å². The maximum atomic E-state index is 12.5. The van der Waals surface area contributed by atoms with Crippen molar-refractivity contribution in [1.29, 1.82) is 0 Å². The normalized spacial score (nSPS) is 54.0. The first-order chi connectivity index (χ1) is 48.9. The molecule has 3 saturated carbocycles. The summed E-state index contributed by atoms with van der Waals surface area (Å²) in [5.74, 6) is 0.886. The van der Waals surface area contributed by atoms with Crippen molar-refractivity contribution < 1.29 is 193 Å². The highest BCUT2D eigenvalue weighted by Gasteiger charge is 2.65. The third kappa shape index (κ3) is 15.1. The van der Waals surface area contributed by atoms with Crippen molar-refractivity contribution in [2.75, 3.05) is 52.9 Å². The first kappa shape index (κ1) is 81.3. The molecule has 21 heterocycles. The molecule has 0 aromatic carbocycles. The number of carbonyl (C=O) groups excluding carboxylic acids is 2. The van der Waals surface area contributed by atoms with Crippen molar-refractivity contribution in [3.8, 4) is 0 Å². The first-order valence-corrected chi connectivity index (χ1v) is 34.6. The molecule has 14 bridgehead atoms. The van der Waals surface area contributed by atoms with Crippen LogP contribution < -0.4 is 0 Å².